The first kappa shape index (κ1) is 17.6. The molecule has 0 aliphatic rings. The lowest BCUT2D eigenvalue weighted by molar-refractivity contribution is 0.714. The van der Waals surface area contributed by atoms with Crippen molar-refractivity contribution in [3.63, 3.8) is 0 Å². The summed E-state index contributed by atoms with van der Waals surface area (Å²) in [5, 5.41) is 1.31. The molecule has 0 fully saturated rings. The Kier molecular flexibility index (Phi) is 4.17. The van der Waals surface area contributed by atoms with E-state index >= 15 is 0 Å². The minimum absolute atomic E-state index is 0.387. The first-order chi connectivity index (χ1) is 12.9. The summed E-state index contributed by atoms with van der Waals surface area (Å²) in [6.07, 6.45) is 5.07. The zero-order valence-corrected chi connectivity index (χ0v) is 16.0. The fourth-order valence-electron chi connectivity index (χ4n) is 3.20. The van der Waals surface area contributed by atoms with E-state index in [0.29, 0.717) is 32.2 Å². The second-order valence-corrected chi connectivity index (χ2v) is 6.99. The maximum atomic E-state index is 13.0. The van der Waals surface area contributed by atoms with Crippen LogP contribution in [0.2, 0.25) is 10.0 Å². The van der Waals surface area contributed by atoms with Gasteiger partial charge in [-0.2, -0.15) is 0 Å². The lowest BCUT2D eigenvalue weighted by atomic mass is 10.1. The van der Waals surface area contributed by atoms with E-state index in [4.69, 9.17) is 23.2 Å². The summed E-state index contributed by atoms with van der Waals surface area (Å²) >= 11 is 12.5. The van der Waals surface area contributed by atoms with E-state index in [9.17, 15) is 9.59 Å². The zero-order chi connectivity index (χ0) is 19.3. The van der Waals surface area contributed by atoms with Crippen molar-refractivity contribution < 1.29 is 0 Å². The number of aromatic nitrogens is 4. The molecule has 0 N–H and O–H groups in total. The third kappa shape index (κ3) is 2.69. The number of hydrogen-bond donors (Lipinski definition) is 0. The van der Waals surface area contributed by atoms with Gasteiger partial charge in [-0.05, 0) is 30.3 Å². The predicted molar refractivity (Wildman–Crippen MR) is 107 cm³/mol. The number of halogens is 2. The Balaban J connectivity index is 2.24. The zero-order valence-electron chi connectivity index (χ0n) is 14.5. The molecule has 0 aliphatic heterocycles. The number of benzene rings is 1. The summed E-state index contributed by atoms with van der Waals surface area (Å²) in [6, 6.07) is 8.73. The highest BCUT2D eigenvalue weighted by Crippen LogP contribution is 2.36. The Hall–Kier alpha value is -2.83. The fourth-order valence-corrected chi connectivity index (χ4v) is 3.69. The van der Waals surface area contributed by atoms with Crippen LogP contribution in [0.25, 0.3) is 27.8 Å². The van der Waals surface area contributed by atoms with Crippen molar-refractivity contribution in [2.24, 2.45) is 14.1 Å². The molecule has 136 valence electrons. The van der Waals surface area contributed by atoms with Gasteiger partial charge in [0.25, 0.3) is 5.56 Å². The highest BCUT2D eigenvalue weighted by molar-refractivity contribution is 6.36. The van der Waals surface area contributed by atoms with Crippen LogP contribution >= 0.6 is 23.2 Å². The largest absolute Gasteiger partial charge is 0.330 e. The molecule has 6 nitrogen and oxygen atoms in total. The molecular weight excluding hydrogens is 387 g/mol. The highest BCUT2D eigenvalue weighted by atomic mass is 35.5. The van der Waals surface area contributed by atoms with Gasteiger partial charge >= 0.3 is 5.69 Å². The second-order valence-electron chi connectivity index (χ2n) is 6.14. The fraction of sp³-hybridized carbons (Fsp3) is 0.105. The molecule has 0 atom stereocenters. The molecule has 4 aromatic rings. The van der Waals surface area contributed by atoms with Crippen molar-refractivity contribution >= 4 is 34.1 Å². The van der Waals surface area contributed by atoms with E-state index in [2.05, 4.69) is 4.98 Å². The summed E-state index contributed by atoms with van der Waals surface area (Å²) < 4.78 is 4.37. The van der Waals surface area contributed by atoms with E-state index in [1.165, 1.54) is 11.6 Å². The minimum Gasteiger partial charge on any atom is -0.313 e. The smallest absolute Gasteiger partial charge is 0.313 e. The number of aryl methyl sites for hydroxylation is 1. The normalized spacial score (nSPS) is 11.3. The van der Waals surface area contributed by atoms with E-state index in [1.807, 2.05) is 16.7 Å². The van der Waals surface area contributed by atoms with Crippen molar-refractivity contribution in [2.75, 3.05) is 0 Å². The standard InChI is InChI=1S/C19H14Cl2N4O2/c1-23-15-10-25(12-5-7-22-8-6-12)17(13-4-3-11(20)9-14(13)21)16(15)18(26)24(2)19(23)27/h3-10H,1-2H3. The predicted octanol–water partition coefficient (Wildman–Crippen LogP) is 3.40. The lowest BCUT2D eigenvalue weighted by Gasteiger charge is -2.11. The molecule has 0 aliphatic carbocycles. The first-order valence-electron chi connectivity index (χ1n) is 8.07. The molecule has 0 saturated heterocycles. The molecular formula is C19H14Cl2N4O2. The molecule has 4 rings (SSSR count). The van der Waals surface area contributed by atoms with Crippen LogP contribution in [0, 0.1) is 0 Å². The molecule has 0 saturated carbocycles. The molecule has 0 spiro atoms. The topological polar surface area (TPSA) is 61.8 Å². The SMILES string of the molecule is Cn1c(=O)c2c(-c3ccc(Cl)cc3Cl)n(-c3ccncc3)cc2n(C)c1=O. The Morgan fingerprint density at radius 3 is 2.33 bits per heavy atom. The summed E-state index contributed by atoms with van der Waals surface area (Å²) in [6.45, 7) is 0. The number of rotatable bonds is 2. The molecule has 0 bridgehead atoms. The molecule has 3 aromatic heterocycles. The number of fused-ring (bicyclic) bond motifs is 1. The third-order valence-electron chi connectivity index (χ3n) is 4.57. The van der Waals surface area contributed by atoms with Crippen molar-refractivity contribution in [1.82, 2.24) is 18.7 Å². The van der Waals surface area contributed by atoms with Crippen LogP contribution in [0.1, 0.15) is 0 Å². The summed E-state index contributed by atoms with van der Waals surface area (Å²) in [4.78, 5) is 29.4. The number of nitrogens with zero attached hydrogens (tertiary/aromatic N) is 4. The molecule has 0 unspecified atom stereocenters. The molecule has 1 aromatic carbocycles. The first-order valence-corrected chi connectivity index (χ1v) is 8.82. The van der Waals surface area contributed by atoms with Gasteiger partial charge in [-0.1, -0.05) is 23.2 Å². The second kappa shape index (κ2) is 6.40. The van der Waals surface area contributed by atoms with Crippen molar-refractivity contribution in [1.29, 1.82) is 0 Å². The van der Waals surface area contributed by atoms with E-state index in [1.54, 1.807) is 43.8 Å². The van der Waals surface area contributed by atoms with Crippen molar-refractivity contribution in [2.45, 2.75) is 0 Å². The monoisotopic (exact) mass is 400 g/mol. The summed E-state index contributed by atoms with van der Waals surface area (Å²) in [7, 11) is 3.09. The van der Waals surface area contributed by atoms with E-state index in [0.717, 1.165) is 10.3 Å². The van der Waals surface area contributed by atoms with Crippen LogP contribution in [0.4, 0.5) is 0 Å². The minimum atomic E-state index is -0.395. The van der Waals surface area contributed by atoms with Gasteiger partial charge in [-0.3, -0.25) is 18.9 Å². The Bertz CT molecular complexity index is 1300. The quantitative estimate of drug-likeness (QED) is 0.517. The average Bonchev–Trinajstić information content (AvgIpc) is 3.06. The maximum Gasteiger partial charge on any atom is 0.330 e. The molecule has 0 radical (unpaired) electrons. The van der Waals surface area contributed by atoms with E-state index in [-0.39, 0.29) is 5.56 Å². The Morgan fingerprint density at radius 1 is 0.963 bits per heavy atom. The molecule has 0 amide bonds. The van der Waals surface area contributed by atoms with Gasteiger partial charge in [0, 0.05) is 49.0 Å². The van der Waals surface area contributed by atoms with Crippen LogP contribution < -0.4 is 11.2 Å². The number of pyridine rings is 1. The van der Waals surface area contributed by atoms with Crippen LogP contribution in [-0.4, -0.2) is 18.7 Å². The van der Waals surface area contributed by atoms with Crippen LogP contribution in [0.15, 0.2) is 58.5 Å². The van der Waals surface area contributed by atoms with Gasteiger partial charge in [0.2, 0.25) is 0 Å². The molecule has 8 heteroatoms. The van der Waals surface area contributed by atoms with Gasteiger partial charge < -0.3 is 4.57 Å². The van der Waals surface area contributed by atoms with Gasteiger partial charge in [0.15, 0.2) is 0 Å². The molecule has 27 heavy (non-hydrogen) atoms. The van der Waals surface area contributed by atoms with Gasteiger partial charge in [0.1, 0.15) is 0 Å². The average molecular weight is 401 g/mol. The highest BCUT2D eigenvalue weighted by Gasteiger charge is 2.21. The lowest BCUT2D eigenvalue weighted by Crippen LogP contribution is -2.36. The van der Waals surface area contributed by atoms with Gasteiger partial charge in [-0.15, -0.1) is 0 Å². The summed E-state index contributed by atoms with van der Waals surface area (Å²) in [5.74, 6) is 0. The van der Waals surface area contributed by atoms with Crippen molar-refractivity contribution in [3.8, 4) is 16.9 Å². The maximum absolute atomic E-state index is 13.0. The third-order valence-corrected chi connectivity index (χ3v) is 5.11. The van der Waals surface area contributed by atoms with Crippen LogP contribution in [0.5, 0.6) is 0 Å². The van der Waals surface area contributed by atoms with Crippen LogP contribution in [0.3, 0.4) is 0 Å². The van der Waals surface area contributed by atoms with Gasteiger partial charge in [-0.25, -0.2) is 4.79 Å². The van der Waals surface area contributed by atoms with Crippen LogP contribution in [-0.2, 0) is 14.1 Å². The van der Waals surface area contributed by atoms with E-state index < -0.39 is 5.69 Å². The number of hydrogen-bond acceptors (Lipinski definition) is 3. The summed E-state index contributed by atoms with van der Waals surface area (Å²) in [5.41, 5.74) is 1.75. The Morgan fingerprint density at radius 2 is 1.67 bits per heavy atom. The van der Waals surface area contributed by atoms with Crippen molar-refractivity contribution in [3.05, 3.63) is 79.8 Å². The van der Waals surface area contributed by atoms with Gasteiger partial charge in [0.05, 0.1) is 21.6 Å². The molecule has 3 heterocycles. The Labute approximate surface area is 163 Å².